The number of pyridine rings is 1. The van der Waals surface area contributed by atoms with Crippen LogP contribution in [-0.4, -0.2) is 33.9 Å². The summed E-state index contributed by atoms with van der Waals surface area (Å²) in [6, 6.07) is 6.14. The van der Waals surface area contributed by atoms with Crippen molar-refractivity contribution in [3.63, 3.8) is 0 Å². The number of anilines is 3. The van der Waals surface area contributed by atoms with Gasteiger partial charge in [0, 0.05) is 29.6 Å². The number of nitrogens with zero attached hydrogens (tertiary/aromatic N) is 4. The molecule has 0 aliphatic heterocycles. The van der Waals surface area contributed by atoms with Gasteiger partial charge < -0.3 is 10.1 Å². The lowest BCUT2D eigenvalue weighted by molar-refractivity contribution is -0.154. The molecule has 180 valence electrons. The second-order valence-corrected chi connectivity index (χ2v) is 6.81. The third-order valence-electron chi connectivity index (χ3n) is 3.76. The number of alkyl halides is 6. The molecule has 0 aliphatic rings. The molecule has 0 saturated carbocycles. The topological polar surface area (TPSA) is 84.3 Å². The zero-order valence-corrected chi connectivity index (χ0v) is 17.3. The van der Waals surface area contributed by atoms with Crippen molar-refractivity contribution in [2.24, 2.45) is 5.10 Å². The van der Waals surface area contributed by atoms with Gasteiger partial charge in [-0.3, -0.25) is 0 Å². The number of aromatic nitrogens is 3. The van der Waals surface area contributed by atoms with Gasteiger partial charge >= 0.3 is 12.4 Å². The van der Waals surface area contributed by atoms with Gasteiger partial charge in [-0.05, 0) is 24.3 Å². The summed E-state index contributed by atoms with van der Waals surface area (Å²) in [5, 5.41) is 6.31. The zero-order chi connectivity index (χ0) is 24.9. The van der Waals surface area contributed by atoms with E-state index in [1.165, 1.54) is 30.6 Å². The van der Waals surface area contributed by atoms with E-state index in [9.17, 15) is 30.7 Å². The predicted molar refractivity (Wildman–Crippen MR) is 109 cm³/mol. The summed E-state index contributed by atoms with van der Waals surface area (Å²) in [4.78, 5) is 11.5. The highest BCUT2D eigenvalue weighted by Gasteiger charge is 2.34. The lowest BCUT2D eigenvalue weighted by atomic mass is 10.2. The Morgan fingerprint density at radius 1 is 1.03 bits per heavy atom. The average molecular weight is 509 g/mol. The van der Waals surface area contributed by atoms with Crippen LogP contribution in [0.3, 0.4) is 0 Å². The number of hydrazone groups is 1. The molecule has 0 fully saturated rings. The summed E-state index contributed by atoms with van der Waals surface area (Å²) in [5.74, 6) is -1.80. The van der Waals surface area contributed by atoms with Crippen molar-refractivity contribution in [1.82, 2.24) is 15.0 Å². The molecule has 3 aromatic rings. The van der Waals surface area contributed by atoms with Crippen molar-refractivity contribution in [2.45, 2.75) is 12.4 Å². The van der Waals surface area contributed by atoms with Crippen molar-refractivity contribution in [3.8, 4) is 5.88 Å². The van der Waals surface area contributed by atoms with E-state index in [-0.39, 0.29) is 28.5 Å². The molecule has 0 atom stereocenters. The highest BCUT2D eigenvalue weighted by molar-refractivity contribution is 6.29. The van der Waals surface area contributed by atoms with Gasteiger partial charge in [-0.15, -0.1) is 0 Å². The van der Waals surface area contributed by atoms with Gasteiger partial charge in [0.2, 0.25) is 11.8 Å². The van der Waals surface area contributed by atoms with E-state index in [0.717, 1.165) is 6.07 Å². The molecule has 0 saturated heterocycles. The summed E-state index contributed by atoms with van der Waals surface area (Å²) in [6.45, 7) is -1.48. The van der Waals surface area contributed by atoms with Gasteiger partial charge in [0.05, 0.1) is 11.8 Å². The molecule has 0 bridgehead atoms. The first-order valence-electron chi connectivity index (χ1n) is 9.02. The summed E-state index contributed by atoms with van der Waals surface area (Å²) in [5.41, 5.74) is 1.27. The van der Waals surface area contributed by atoms with E-state index in [4.69, 9.17) is 11.6 Å². The highest BCUT2D eigenvalue weighted by atomic mass is 35.5. The molecule has 0 spiro atoms. The molecule has 7 nitrogen and oxygen atoms in total. The number of rotatable bonds is 7. The Morgan fingerprint density at radius 3 is 2.44 bits per heavy atom. The largest absolute Gasteiger partial charge is 0.468 e. The lowest BCUT2D eigenvalue weighted by Crippen LogP contribution is -2.19. The van der Waals surface area contributed by atoms with E-state index in [1.807, 2.05) is 0 Å². The van der Waals surface area contributed by atoms with Crippen molar-refractivity contribution in [2.75, 3.05) is 17.3 Å². The second-order valence-electron chi connectivity index (χ2n) is 6.42. The Hall–Kier alpha value is -3.68. The highest BCUT2D eigenvalue weighted by Crippen LogP contribution is 2.33. The minimum absolute atomic E-state index is 0.00901. The number of nitrogens with one attached hydrogen (secondary N) is 2. The van der Waals surface area contributed by atoms with Crippen molar-refractivity contribution >= 4 is 35.3 Å². The van der Waals surface area contributed by atoms with Crippen LogP contribution >= 0.6 is 11.6 Å². The smallest absolute Gasteiger partial charge is 0.422 e. The van der Waals surface area contributed by atoms with Crippen LogP contribution in [0.15, 0.2) is 47.7 Å². The van der Waals surface area contributed by atoms with E-state index < -0.39 is 30.3 Å². The first kappa shape index (κ1) is 25.0. The average Bonchev–Trinajstić information content (AvgIpc) is 2.73. The Labute approximate surface area is 191 Å². The van der Waals surface area contributed by atoms with Gasteiger partial charge in [0.25, 0.3) is 0 Å². The quantitative estimate of drug-likeness (QED) is 0.181. The maximum absolute atomic E-state index is 13.4. The summed E-state index contributed by atoms with van der Waals surface area (Å²) in [7, 11) is 0. The third-order valence-corrected chi connectivity index (χ3v) is 3.95. The van der Waals surface area contributed by atoms with E-state index in [2.05, 4.69) is 35.5 Å². The van der Waals surface area contributed by atoms with Gasteiger partial charge in [0.15, 0.2) is 6.61 Å². The SMILES string of the molecule is Fc1ccc(Nc2cc(Cl)nc(N/N=C/c3ccc(OCC(F)(F)F)nc3)n2)cc1C(F)(F)F. The van der Waals surface area contributed by atoms with E-state index >= 15 is 0 Å². The van der Waals surface area contributed by atoms with Crippen LogP contribution in [-0.2, 0) is 6.18 Å². The number of hydrogen-bond donors (Lipinski definition) is 2. The van der Waals surface area contributed by atoms with Crippen LogP contribution in [0.1, 0.15) is 11.1 Å². The Balaban J connectivity index is 1.66. The van der Waals surface area contributed by atoms with Gasteiger partial charge in [0.1, 0.15) is 16.8 Å². The molecule has 2 N–H and O–H groups in total. The van der Waals surface area contributed by atoms with Crippen LogP contribution in [0.5, 0.6) is 5.88 Å². The standard InChI is InChI=1S/C19H12ClF7N6O/c20-14-6-15(30-11-2-3-13(21)12(5-11)19(25,26)27)32-17(31-14)33-29-8-10-1-4-16(28-7-10)34-9-18(22,23)24/h1-8H,9H2,(H2,30,31,32,33)/b29-8+. The van der Waals surface area contributed by atoms with Crippen molar-refractivity contribution in [1.29, 1.82) is 0 Å². The van der Waals surface area contributed by atoms with Crippen LogP contribution in [0.25, 0.3) is 0 Å². The first-order chi connectivity index (χ1) is 15.9. The molecule has 15 heteroatoms. The molecular weight excluding hydrogens is 497 g/mol. The van der Waals surface area contributed by atoms with Crippen molar-refractivity contribution in [3.05, 3.63) is 64.7 Å². The maximum atomic E-state index is 13.4. The predicted octanol–water partition coefficient (Wildman–Crippen LogP) is 5.81. The summed E-state index contributed by atoms with van der Waals surface area (Å²) < 4.78 is 93.0. The monoisotopic (exact) mass is 508 g/mol. The number of benzene rings is 1. The molecule has 0 radical (unpaired) electrons. The van der Waals surface area contributed by atoms with Crippen molar-refractivity contribution < 1.29 is 35.5 Å². The molecule has 0 aliphatic carbocycles. The number of halogens is 8. The van der Waals surface area contributed by atoms with E-state index in [0.29, 0.717) is 17.7 Å². The molecule has 0 unspecified atom stereocenters. The van der Waals surface area contributed by atoms with E-state index in [1.54, 1.807) is 0 Å². The normalized spacial score (nSPS) is 12.1. The number of hydrogen-bond acceptors (Lipinski definition) is 7. The van der Waals surface area contributed by atoms with Crippen LogP contribution in [0, 0.1) is 5.82 Å². The molecule has 34 heavy (non-hydrogen) atoms. The summed E-state index contributed by atoms with van der Waals surface area (Å²) in [6.07, 6.45) is -6.93. The molecular formula is C19H12ClF7N6O. The first-order valence-corrected chi connectivity index (χ1v) is 9.40. The molecule has 3 rings (SSSR count). The minimum atomic E-state index is -4.88. The number of ether oxygens (including phenoxy) is 1. The Bertz CT molecular complexity index is 1170. The fraction of sp³-hybridized carbons (Fsp3) is 0.158. The van der Waals surface area contributed by atoms with Gasteiger partial charge in [-0.2, -0.15) is 41.4 Å². The Morgan fingerprint density at radius 2 is 1.79 bits per heavy atom. The lowest BCUT2D eigenvalue weighted by Gasteiger charge is -2.12. The maximum Gasteiger partial charge on any atom is 0.422 e. The molecule has 0 amide bonds. The zero-order valence-electron chi connectivity index (χ0n) is 16.5. The van der Waals surface area contributed by atoms with Crippen LogP contribution < -0.4 is 15.5 Å². The molecule has 2 heterocycles. The second kappa shape index (κ2) is 10.1. The fourth-order valence-corrected chi connectivity index (χ4v) is 2.56. The Kier molecular flexibility index (Phi) is 7.39. The third kappa shape index (κ3) is 7.43. The van der Waals surface area contributed by atoms with Crippen LogP contribution in [0.2, 0.25) is 5.15 Å². The van der Waals surface area contributed by atoms with Gasteiger partial charge in [-0.1, -0.05) is 11.6 Å². The molecule has 1 aromatic carbocycles. The fourth-order valence-electron chi connectivity index (χ4n) is 2.37. The van der Waals surface area contributed by atoms with Crippen LogP contribution in [0.4, 0.5) is 48.2 Å². The summed E-state index contributed by atoms with van der Waals surface area (Å²) >= 11 is 5.89. The van der Waals surface area contributed by atoms with Gasteiger partial charge in [-0.25, -0.2) is 14.8 Å². The molecule has 2 aromatic heterocycles. The minimum Gasteiger partial charge on any atom is -0.468 e.